The second-order valence-electron chi connectivity index (χ2n) is 18.7. The molecule has 0 amide bonds. The maximum Gasteiger partial charge on any atom is 0.306 e. The number of ether oxygens (including phenoxy) is 2. The first-order chi connectivity index (χ1) is 30.1. The van der Waals surface area contributed by atoms with Crippen molar-refractivity contribution < 1.29 is 24.2 Å². The summed E-state index contributed by atoms with van der Waals surface area (Å²) < 4.78 is 10.6. The number of hydrogen-bond donors (Lipinski definition) is 1. The summed E-state index contributed by atoms with van der Waals surface area (Å²) in [6.07, 6.45) is 66.0. The van der Waals surface area contributed by atoms with E-state index in [0.717, 1.165) is 44.9 Å². The highest BCUT2D eigenvalue weighted by atomic mass is 16.6. The lowest BCUT2D eigenvalue weighted by molar-refractivity contribution is -0.161. The van der Waals surface area contributed by atoms with Crippen LogP contribution in [0.1, 0.15) is 303 Å². The largest absolute Gasteiger partial charge is 0.462 e. The van der Waals surface area contributed by atoms with Crippen LogP contribution in [0.3, 0.4) is 0 Å². The van der Waals surface area contributed by atoms with Gasteiger partial charge in [0.2, 0.25) is 0 Å². The van der Waals surface area contributed by atoms with Crippen LogP contribution < -0.4 is 0 Å². The molecule has 1 unspecified atom stereocenters. The van der Waals surface area contributed by atoms with Crippen molar-refractivity contribution in [2.24, 2.45) is 0 Å². The molecule has 0 fully saturated rings. The summed E-state index contributed by atoms with van der Waals surface area (Å²) in [5, 5.41) is 9.60. The zero-order chi connectivity index (χ0) is 44.2. The van der Waals surface area contributed by atoms with E-state index in [2.05, 4.69) is 38.2 Å². The minimum atomic E-state index is -0.770. The van der Waals surface area contributed by atoms with Crippen molar-refractivity contribution in [3.63, 3.8) is 0 Å². The third-order valence-corrected chi connectivity index (χ3v) is 12.5. The fraction of sp³-hybridized carbons (Fsp3) is 0.893. The SMILES string of the molecule is CCCCC/C=C\CCCCCCCC(=O)OCC(CO)OC(=O)CCCCCCCCCCCCCCCCCCCCCCCCC/C=C\CCCCCCCCCC. The van der Waals surface area contributed by atoms with Crippen molar-refractivity contribution in [2.45, 2.75) is 309 Å². The molecule has 5 nitrogen and oxygen atoms in total. The van der Waals surface area contributed by atoms with E-state index in [-0.39, 0.29) is 25.2 Å². The first-order valence-corrected chi connectivity index (χ1v) is 27.4. The van der Waals surface area contributed by atoms with Crippen molar-refractivity contribution in [2.75, 3.05) is 13.2 Å². The van der Waals surface area contributed by atoms with Gasteiger partial charge in [-0.05, 0) is 64.2 Å². The van der Waals surface area contributed by atoms with Gasteiger partial charge in [0.05, 0.1) is 6.61 Å². The minimum absolute atomic E-state index is 0.0652. The van der Waals surface area contributed by atoms with Gasteiger partial charge < -0.3 is 14.6 Å². The molecular weight excluding hydrogens is 753 g/mol. The van der Waals surface area contributed by atoms with E-state index in [9.17, 15) is 14.7 Å². The number of carbonyl (C=O) groups excluding carboxylic acids is 2. The lowest BCUT2D eigenvalue weighted by atomic mass is 10.0. The highest BCUT2D eigenvalue weighted by Crippen LogP contribution is 2.17. The monoisotopic (exact) mass is 859 g/mol. The van der Waals surface area contributed by atoms with Gasteiger partial charge in [-0.25, -0.2) is 0 Å². The van der Waals surface area contributed by atoms with Gasteiger partial charge in [0.25, 0.3) is 0 Å². The maximum atomic E-state index is 12.3. The number of hydrogen-bond acceptors (Lipinski definition) is 5. The Morgan fingerprint density at radius 3 is 0.918 bits per heavy atom. The molecule has 0 rings (SSSR count). The number of esters is 2. The minimum Gasteiger partial charge on any atom is -0.462 e. The van der Waals surface area contributed by atoms with Gasteiger partial charge in [0.1, 0.15) is 6.61 Å². The summed E-state index contributed by atoms with van der Waals surface area (Å²) in [4.78, 5) is 24.4. The molecule has 1 N–H and O–H groups in total. The molecule has 61 heavy (non-hydrogen) atoms. The number of unbranched alkanes of at least 4 members (excludes halogenated alkanes) is 39. The van der Waals surface area contributed by atoms with Gasteiger partial charge >= 0.3 is 11.9 Å². The van der Waals surface area contributed by atoms with E-state index in [0.29, 0.717) is 12.8 Å². The predicted octanol–water partition coefficient (Wildman–Crippen LogP) is 18.1. The number of aliphatic hydroxyl groups is 1. The molecule has 0 aromatic heterocycles. The second kappa shape index (κ2) is 52.7. The Balaban J connectivity index is 3.36. The predicted molar refractivity (Wildman–Crippen MR) is 265 cm³/mol. The molecule has 0 saturated heterocycles. The molecule has 0 spiro atoms. The van der Waals surface area contributed by atoms with Gasteiger partial charge in [-0.2, -0.15) is 0 Å². The molecule has 0 heterocycles. The highest BCUT2D eigenvalue weighted by molar-refractivity contribution is 5.70. The Kier molecular flexibility index (Phi) is 51.3. The van der Waals surface area contributed by atoms with Crippen LogP contribution in [0.5, 0.6) is 0 Å². The third-order valence-electron chi connectivity index (χ3n) is 12.5. The van der Waals surface area contributed by atoms with Crippen molar-refractivity contribution in [3.05, 3.63) is 24.3 Å². The summed E-state index contributed by atoms with van der Waals surface area (Å²) in [7, 11) is 0. The van der Waals surface area contributed by atoms with E-state index >= 15 is 0 Å². The Morgan fingerprint density at radius 1 is 0.361 bits per heavy atom. The standard InChI is InChI=1S/C56H106O5/c1-3-5-7-9-11-13-15-17-18-19-20-21-22-23-24-25-26-27-28-29-30-31-32-33-34-35-36-37-38-39-41-43-45-47-49-51-56(59)61-54(52-57)53-60-55(58)50-48-46-44-42-40-16-14-12-10-8-6-4-2/h12,14,19-20,54,57H,3-11,13,15-18,21-53H2,1-2H3/b14-12-,20-19-. The summed E-state index contributed by atoms with van der Waals surface area (Å²) in [5.74, 6) is -0.587. The Labute approximate surface area is 381 Å². The van der Waals surface area contributed by atoms with Crippen LogP contribution in [-0.4, -0.2) is 36.4 Å². The molecule has 0 radical (unpaired) electrons. The fourth-order valence-electron chi connectivity index (χ4n) is 8.31. The number of aliphatic hydroxyl groups excluding tert-OH is 1. The molecule has 0 aromatic carbocycles. The quantitative estimate of drug-likeness (QED) is 0.0375. The van der Waals surface area contributed by atoms with Crippen LogP contribution in [0.2, 0.25) is 0 Å². The number of carbonyl (C=O) groups is 2. The molecular formula is C56H106O5. The van der Waals surface area contributed by atoms with Crippen LogP contribution in [0.25, 0.3) is 0 Å². The zero-order valence-corrected chi connectivity index (χ0v) is 41.2. The Morgan fingerprint density at radius 2 is 0.607 bits per heavy atom. The second-order valence-corrected chi connectivity index (χ2v) is 18.7. The Hall–Kier alpha value is -1.62. The fourth-order valence-corrected chi connectivity index (χ4v) is 8.31. The molecule has 0 saturated carbocycles. The molecule has 5 heteroatoms. The van der Waals surface area contributed by atoms with Crippen LogP contribution >= 0.6 is 0 Å². The smallest absolute Gasteiger partial charge is 0.306 e. The van der Waals surface area contributed by atoms with Crippen molar-refractivity contribution in [3.8, 4) is 0 Å². The molecule has 1 atom stereocenters. The summed E-state index contributed by atoms with van der Waals surface area (Å²) >= 11 is 0. The average Bonchev–Trinajstić information content (AvgIpc) is 3.26. The molecule has 0 aromatic rings. The first-order valence-electron chi connectivity index (χ1n) is 27.4. The molecule has 0 aliphatic carbocycles. The molecule has 360 valence electrons. The van der Waals surface area contributed by atoms with E-state index in [1.807, 2.05) is 0 Å². The number of rotatable bonds is 51. The van der Waals surface area contributed by atoms with Crippen molar-refractivity contribution >= 4 is 11.9 Å². The van der Waals surface area contributed by atoms with E-state index in [4.69, 9.17) is 9.47 Å². The summed E-state index contributed by atoms with van der Waals surface area (Å²) in [6.45, 7) is 4.14. The van der Waals surface area contributed by atoms with Gasteiger partial charge in [0, 0.05) is 12.8 Å². The van der Waals surface area contributed by atoms with E-state index in [1.54, 1.807) is 0 Å². The van der Waals surface area contributed by atoms with Crippen LogP contribution in [0.4, 0.5) is 0 Å². The van der Waals surface area contributed by atoms with Crippen molar-refractivity contribution in [1.29, 1.82) is 0 Å². The normalized spacial score (nSPS) is 12.2. The van der Waals surface area contributed by atoms with E-state index < -0.39 is 6.10 Å². The molecule has 0 aliphatic rings. The molecule has 0 bridgehead atoms. The molecule has 0 aliphatic heterocycles. The van der Waals surface area contributed by atoms with Crippen LogP contribution in [-0.2, 0) is 19.1 Å². The summed E-state index contributed by atoms with van der Waals surface area (Å²) in [6, 6.07) is 0. The van der Waals surface area contributed by atoms with Crippen LogP contribution in [0.15, 0.2) is 24.3 Å². The van der Waals surface area contributed by atoms with Gasteiger partial charge in [-0.15, -0.1) is 0 Å². The topological polar surface area (TPSA) is 72.8 Å². The van der Waals surface area contributed by atoms with Gasteiger partial charge in [-0.1, -0.05) is 250 Å². The summed E-state index contributed by atoms with van der Waals surface area (Å²) in [5.41, 5.74) is 0. The Bertz CT molecular complexity index is 928. The number of allylic oxidation sites excluding steroid dienone is 4. The lowest BCUT2D eigenvalue weighted by Crippen LogP contribution is -2.28. The maximum absolute atomic E-state index is 12.3. The van der Waals surface area contributed by atoms with E-state index in [1.165, 1.54) is 231 Å². The average molecular weight is 859 g/mol. The van der Waals surface area contributed by atoms with Gasteiger partial charge in [-0.3, -0.25) is 9.59 Å². The van der Waals surface area contributed by atoms with Crippen molar-refractivity contribution in [1.82, 2.24) is 0 Å². The first kappa shape index (κ1) is 59.4. The van der Waals surface area contributed by atoms with Crippen LogP contribution in [0, 0.1) is 0 Å². The third kappa shape index (κ3) is 50.9. The van der Waals surface area contributed by atoms with Gasteiger partial charge in [0.15, 0.2) is 6.10 Å². The zero-order valence-electron chi connectivity index (χ0n) is 41.2. The lowest BCUT2D eigenvalue weighted by Gasteiger charge is -2.15. The highest BCUT2D eigenvalue weighted by Gasteiger charge is 2.16.